The van der Waals surface area contributed by atoms with Crippen LogP contribution in [0.3, 0.4) is 0 Å². The maximum absolute atomic E-state index is 13.5. The zero-order chi connectivity index (χ0) is 19.2. The van der Waals surface area contributed by atoms with Crippen LogP contribution in [-0.4, -0.2) is 38.3 Å². The first kappa shape index (κ1) is 19.0. The molecule has 0 unspecified atom stereocenters. The van der Waals surface area contributed by atoms with Crippen LogP contribution in [0.2, 0.25) is 0 Å². The number of carbonyl (C=O) groups excluding carboxylic acids is 1. The lowest BCUT2D eigenvalue weighted by atomic mass is 9.93. The van der Waals surface area contributed by atoms with Gasteiger partial charge in [0.2, 0.25) is 5.75 Å². The molecule has 2 aromatic rings. The molecule has 0 spiro atoms. The van der Waals surface area contributed by atoms with Crippen molar-refractivity contribution in [3.05, 3.63) is 42.1 Å². The molecule has 6 heteroatoms. The van der Waals surface area contributed by atoms with Crippen molar-refractivity contribution in [1.82, 2.24) is 4.98 Å². The normalized spacial score (nSPS) is 14.5. The van der Waals surface area contributed by atoms with Gasteiger partial charge in [-0.2, -0.15) is 0 Å². The van der Waals surface area contributed by atoms with Gasteiger partial charge in [0.1, 0.15) is 5.82 Å². The van der Waals surface area contributed by atoms with Gasteiger partial charge >= 0.3 is 0 Å². The van der Waals surface area contributed by atoms with Crippen molar-refractivity contribution < 1.29 is 19.0 Å². The van der Waals surface area contributed by atoms with E-state index < -0.39 is 0 Å². The van der Waals surface area contributed by atoms with E-state index in [0.29, 0.717) is 28.6 Å². The van der Waals surface area contributed by atoms with E-state index in [-0.39, 0.29) is 11.9 Å². The zero-order valence-corrected chi connectivity index (χ0v) is 16.1. The van der Waals surface area contributed by atoms with Crippen LogP contribution in [-0.2, 0) is 0 Å². The predicted octanol–water partition coefficient (Wildman–Crippen LogP) is 4.09. The Kier molecular flexibility index (Phi) is 6.16. The number of methoxy groups -OCH3 is 3. The summed E-state index contributed by atoms with van der Waals surface area (Å²) < 4.78 is 16.2. The quantitative estimate of drug-likeness (QED) is 0.766. The molecule has 0 N–H and O–H groups in total. The summed E-state index contributed by atoms with van der Waals surface area (Å²) in [5.41, 5.74) is 0.487. The molecule has 1 aliphatic carbocycles. The van der Waals surface area contributed by atoms with Gasteiger partial charge in [-0.1, -0.05) is 25.3 Å². The first-order chi connectivity index (χ1) is 13.2. The SMILES string of the molecule is COc1cc(C(=O)N(c2ccccn2)C2CCCCC2)cc(OC)c1OC. The van der Waals surface area contributed by atoms with E-state index in [2.05, 4.69) is 4.98 Å². The molecule has 0 bridgehead atoms. The van der Waals surface area contributed by atoms with Crippen LogP contribution in [0.25, 0.3) is 0 Å². The second-order valence-electron chi connectivity index (χ2n) is 6.57. The Morgan fingerprint density at radius 3 is 2.19 bits per heavy atom. The summed E-state index contributed by atoms with van der Waals surface area (Å²) in [6.07, 6.45) is 7.13. The molecular weight excluding hydrogens is 344 g/mol. The summed E-state index contributed by atoms with van der Waals surface area (Å²) in [5.74, 6) is 1.95. The van der Waals surface area contributed by atoms with Crippen LogP contribution < -0.4 is 19.1 Å². The van der Waals surface area contributed by atoms with Crippen molar-refractivity contribution in [2.24, 2.45) is 0 Å². The van der Waals surface area contributed by atoms with Gasteiger partial charge in [-0.15, -0.1) is 0 Å². The Hall–Kier alpha value is -2.76. The molecule has 0 saturated heterocycles. The van der Waals surface area contributed by atoms with E-state index in [0.717, 1.165) is 25.7 Å². The lowest BCUT2D eigenvalue weighted by Crippen LogP contribution is -2.42. The molecule has 144 valence electrons. The fourth-order valence-corrected chi connectivity index (χ4v) is 3.64. The first-order valence-electron chi connectivity index (χ1n) is 9.24. The molecular formula is C21H26N2O4. The number of hydrogen-bond acceptors (Lipinski definition) is 5. The lowest BCUT2D eigenvalue weighted by Gasteiger charge is -2.33. The third kappa shape index (κ3) is 3.99. The highest BCUT2D eigenvalue weighted by Crippen LogP contribution is 2.39. The van der Waals surface area contributed by atoms with Crippen molar-refractivity contribution in [3.63, 3.8) is 0 Å². The van der Waals surface area contributed by atoms with Gasteiger partial charge in [0.25, 0.3) is 5.91 Å². The van der Waals surface area contributed by atoms with E-state index in [1.165, 1.54) is 6.42 Å². The van der Waals surface area contributed by atoms with Gasteiger partial charge < -0.3 is 14.2 Å². The molecule has 3 rings (SSSR count). The summed E-state index contributed by atoms with van der Waals surface area (Å²) in [6, 6.07) is 9.17. The van der Waals surface area contributed by atoms with Crippen LogP contribution in [0, 0.1) is 0 Å². The Morgan fingerprint density at radius 2 is 1.67 bits per heavy atom. The molecule has 1 fully saturated rings. The summed E-state index contributed by atoms with van der Waals surface area (Å²) in [7, 11) is 4.64. The smallest absolute Gasteiger partial charge is 0.259 e. The van der Waals surface area contributed by atoms with Crippen LogP contribution in [0.5, 0.6) is 17.2 Å². The summed E-state index contributed by atoms with van der Waals surface area (Å²) in [4.78, 5) is 19.8. The van der Waals surface area contributed by atoms with E-state index in [1.54, 1.807) is 39.7 Å². The van der Waals surface area contributed by atoms with Crippen molar-refractivity contribution in [1.29, 1.82) is 0 Å². The highest BCUT2D eigenvalue weighted by Gasteiger charge is 2.30. The van der Waals surface area contributed by atoms with E-state index in [9.17, 15) is 4.79 Å². The topological polar surface area (TPSA) is 60.9 Å². The first-order valence-corrected chi connectivity index (χ1v) is 9.24. The molecule has 0 atom stereocenters. The average molecular weight is 370 g/mol. The number of nitrogens with zero attached hydrogens (tertiary/aromatic N) is 2. The average Bonchev–Trinajstić information content (AvgIpc) is 2.74. The highest BCUT2D eigenvalue weighted by atomic mass is 16.5. The second kappa shape index (κ2) is 8.75. The largest absolute Gasteiger partial charge is 0.493 e. The number of pyridine rings is 1. The molecule has 1 aromatic heterocycles. The number of aromatic nitrogens is 1. The Labute approximate surface area is 160 Å². The van der Waals surface area contributed by atoms with Crippen LogP contribution >= 0.6 is 0 Å². The number of amides is 1. The van der Waals surface area contributed by atoms with E-state index >= 15 is 0 Å². The number of rotatable bonds is 6. The van der Waals surface area contributed by atoms with Crippen LogP contribution in [0.15, 0.2) is 36.5 Å². The predicted molar refractivity (Wildman–Crippen MR) is 104 cm³/mol. The molecule has 1 saturated carbocycles. The summed E-state index contributed by atoms with van der Waals surface area (Å²) in [5, 5.41) is 0. The third-order valence-electron chi connectivity index (χ3n) is 4.97. The Bertz CT molecular complexity index is 748. The molecule has 1 aromatic carbocycles. The summed E-state index contributed by atoms with van der Waals surface area (Å²) >= 11 is 0. The van der Waals surface area contributed by atoms with Gasteiger partial charge in [0.15, 0.2) is 11.5 Å². The lowest BCUT2D eigenvalue weighted by molar-refractivity contribution is 0.0969. The van der Waals surface area contributed by atoms with Crippen LogP contribution in [0.4, 0.5) is 5.82 Å². The molecule has 0 aliphatic heterocycles. The fourth-order valence-electron chi connectivity index (χ4n) is 3.64. The van der Waals surface area contributed by atoms with Crippen molar-refractivity contribution in [2.75, 3.05) is 26.2 Å². The maximum Gasteiger partial charge on any atom is 0.259 e. The number of carbonyl (C=O) groups is 1. The van der Waals surface area contributed by atoms with Crippen molar-refractivity contribution >= 4 is 11.7 Å². The van der Waals surface area contributed by atoms with Crippen molar-refractivity contribution in [3.8, 4) is 17.2 Å². The minimum atomic E-state index is -0.111. The van der Waals surface area contributed by atoms with E-state index in [4.69, 9.17) is 14.2 Å². The number of benzene rings is 1. The van der Waals surface area contributed by atoms with Gasteiger partial charge in [0.05, 0.1) is 21.3 Å². The monoisotopic (exact) mass is 370 g/mol. The Morgan fingerprint density at radius 1 is 1.00 bits per heavy atom. The van der Waals surface area contributed by atoms with Crippen LogP contribution in [0.1, 0.15) is 42.5 Å². The molecule has 0 radical (unpaired) electrons. The standard InChI is InChI=1S/C21H26N2O4/c1-25-17-13-15(14-18(26-2)20(17)27-3)21(24)23(16-9-5-4-6-10-16)19-11-7-8-12-22-19/h7-8,11-14,16H,4-6,9-10H2,1-3H3. The third-order valence-corrected chi connectivity index (χ3v) is 4.97. The Balaban J connectivity index is 2.03. The highest BCUT2D eigenvalue weighted by molar-refractivity contribution is 6.06. The van der Waals surface area contributed by atoms with Gasteiger partial charge in [-0.25, -0.2) is 4.98 Å². The molecule has 1 amide bonds. The molecule has 1 heterocycles. The molecule has 27 heavy (non-hydrogen) atoms. The van der Waals surface area contributed by atoms with Gasteiger partial charge in [-0.3, -0.25) is 9.69 Å². The second-order valence-corrected chi connectivity index (χ2v) is 6.57. The fraction of sp³-hybridized carbons (Fsp3) is 0.429. The molecule has 6 nitrogen and oxygen atoms in total. The van der Waals surface area contributed by atoms with E-state index in [1.807, 2.05) is 23.1 Å². The number of anilines is 1. The van der Waals surface area contributed by atoms with Crippen molar-refractivity contribution in [2.45, 2.75) is 38.1 Å². The minimum Gasteiger partial charge on any atom is -0.493 e. The molecule has 1 aliphatic rings. The maximum atomic E-state index is 13.5. The number of ether oxygens (including phenoxy) is 3. The van der Waals surface area contributed by atoms with Gasteiger partial charge in [-0.05, 0) is 37.1 Å². The number of hydrogen-bond donors (Lipinski definition) is 0. The summed E-state index contributed by atoms with van der Waals surface area (Å²) in [6.45, 7) is 0. The zero-order valence-electron chi connectivity index (χ0n) is 16.1. The minimum absolute atomic E-state index is 0.111. The van der Waals surface area contributed by atoms with Gasteiger partial charge in [0, 0.05) is 17.8 Å².